The van der Waals surface area contributed by atoms with Crippen molar-refractivity contribution in [1.29, 1.82) is 0 Å². The smallest absolute Gasteiger partial charge is 0.323 e. The molecule has 0 aliphatic carbocycles. The molecule has 94 valence electrons. The zero-order valence-corrected chi connectivity index (χ0v) is 10.2. The summed E-state index contributed by atoms with van der Waals surface area (Å²) in [6.07, 6.45) is 5.95. The molecule has 0 aliphatic rings. The van der Waals surface area contributed by atoms with E-state index in [9.17, 15) is 4.79 Å². The molecule has 0 unspecified atom stereocenters. The highest BCUT2D eigenvalue weighted by molar-refractivity contribution is 5.92. The van der Waals surface area contributed by atoms with Crippen molar-refractivity contribution in [3.63, 3.8) is 0 Å². The first kappa shape index (κ1) is 12.3. The van der Waals surface area contributed by atoms with Gasteiger partial charge in [0.2, 0.25) is 0 Å². The number of anilines is 1. The lowest BCUT2D eigenvalue weighted by Crippen LogP contribution is -2.30. The van der Waals surface area contributed by atoms with Crippen LogP contribution in [0.1, 0.15) is 13.3 Å². The number of fused-ring (bicyclic) bond motifs is 1. The molecule has 5 heteroatoms. The van der Waals surface area contributed by atoms with Gasteiger partial charge in [-0.2, -0.15) is 0 Å². The first-order valence-corrected chi connectivity index (χ1v) is 5.88. The van der Waals surface area contributed by atoms with Crippen molar-refractivity contribution in [2.24, 2.45) is 0 Å². The Labute approximate surface area is 105 Å². The van der Waals surface area contributed by atoms with Crippen molar-refractivity contribution >= 4 is 22.6 Å². The number of aromatic nitrogens is 2. The fourth-order valence-electron chi connectivity index (χ4n) is 1.98. The van der Waals surface area contributed by atoms with E-state index in [0.29, 0.717) is 6.54 Å². The van der Waals surface area contributed by atoms with Crippen LogP contribution in [-0.4, -0.2) is 34.1 Å². The van der Waals surface area contributed by atoms with Gasteiger partial charge in [-0.1, -0.05) is 6.92 Å². The molecule has 0 radical (unpaired) electrons. The first-order chi connectivity index (χ1) is 8.72. The fourth-order valence-corrected chi connectivity index (χ4v) is 1.98. The van der Waals surface area contributed by atoms with E-state index in [1.54, 1.807) is 18.6 Å². The van der Waals surface area contributed by atoms with Gasteiger partial charge in [0.05, 0.1) is 11.7 Å². The number of aliphatic carboxylic acids is 1. The zero-order valence-electron chi connectivity index (χ0n) is 10.2. The van der Waals surface area contributed by atoms with Crippen molar-refractivity contribution in [2.45, 2.75) is 13.3 Å². The van der Waals surface area contributed by atoms with Gasteiger partial charge in [0, 0.05) is 30.0 Å². The maximum Gasteiger partial charge on any atom is 0.323 e. The Morgan fingerprint density at radius 1 is 1.39 bits per heavy atom. The number of nitrogens with zero attached hydrogens (tertiary/aromatic N) is 3. The molecule has 5 nitrogen and oxygen atoms in total. The monoisotopic (exact) mass is 245 g/mol. The lowest BCUT2D eigenvalue weighted by Gasteiger charge is -2.23. The summed E-state index contributed by atoms with van der Waals surface area (Å²) in [4.78, 5) is 21.0. The van der Waals surface area contributed by atoms with Crippen molar-refractivity contribution in [3.8, 4) is 0 Å². The van der Waals surface area contributed by atoms with Gasteiger partial charge in [0.1, 0.15) is 6.54 Å². The van der Waals surface area contributed by atoms with E-state index in [1.165, 1.54) is 0 Å². The Morgan fingerprint density at radius 2 is 2.22 bits per heavy atom. The molecule has 2 heterocycles. The summed E-state index contributed by atoms with van der Waals surface area (Å²) < 4.78 is 0. The second kappa shape index (κ2) is 5.44. The number of carbonyl (C=O) groups is 1. The van der Waals surface area contributed by atoms with E-state index >= 15 is 0 Å². The van der Waals surface area contributed by atoms with E-state index < -0.39 is 5.97 Å². The Balaban J connectivity index is 2.46. The van der Waals surface area contributed by atoms with E-state index in [4.69, 9.17) is 5.11 Å². The van der Waals surface area contributed by atoms with E-state index in [0.717, 1.165) is 23.0 Å². The van der Waals surface area contributed by atoms with E-state index in [2.05, 4.69) is 9.97 Å². The normalized spacial score (nSPS) is 10.5. The summed E-state index contributed by atoms with van der Waals surface area (Å²) in [5.41, 5.74) is 1.67. The molecular formula is C13H15N3O2. The second-order valence-electron chi connectivity index (χ2n) is 4.04. The molecule has 18 heavy (non-hydrogen) atoms. The molecule has 0 saturated heterocycles. The predicted molar refractivity (Wildman–Crippen MR) is 69.7 cm³/mol. The average Bonchev–Trinajstić information content (AvgIpc) is 2.37. The van der Waals surface area contributed by atoms with Gasteiger partial charge in [-0.25, -0.2) is 0 Å². The zero-order chi connectivity index (χ0) is 13.0. The molecule has 0 aromatic carbocycles. The van der Waals surface area contributed by atoms with Gasteiger partial charge in [-0.3, -0.25) is 14.8 Å². The van der Waals surface area contributed by atoms with Crippen LogP contribution in [0.5, 0.6) is 0 Å². The first-order valence-electron chi connectivity index (χ1n) is 5.88. The third kappa shape index (κ3) is 2.56. The molecule has 1 N–H and O–H groups in total. The SMILES string of the molecule is CCCN(CC(=O)O)c1ccnc2cnccc12. The highest BCUT2D eigenvalue weighted by Gasteiger charge is 2.12. The Morgan fingerprint density at radius 3 is 2.94 bits per heavy atom. The minimum absolute atomic E-state index is 0.00469. The van der Waals surface area contributed by atoms with Crippen LogP contribution in [-0.2, 0) is 4.79 Å². The van der Waals surface area contributed by atoms with E-state index in [1.807, 2.05) is 24.0 Å². The number of hydrogen-bond acceptors (Lipinski definition) is 4. The molecule has 0 fully saturated rings. The number of pyridine rings is 2. The fraction of sp³-hybridized carbons (Fsp3) is 0.308. The van der Waals surface area contributed by atoms with Crippen LogP contribution in [0.2, 0.25) is 0 Å². The lowest BCUT2D eigenvalue weighted by molar-refractivity contribution is -0.135. The molecule has 2 aromatic heterocycles. The third-order valence-electron chi connectivity index (χ3n) is 2.68. The van der Waals surface area contributed by atoms with Crippen LogP contribution >= 0.6 is 0 Å². The summed E-state index contributed by atoms with van der Waals surface area (Å²) in [6, 6.07) is 3.71. The Kier molecular flexibility index (Phi) is 3.72. The summed E-state index contributed by atoms with van der Waals surface area (Å²) in [5.74, 6) is -0.831. The second-order valence-corrected chi connectivity index (χ2v) is 4.04. The summed E-state index contributed by atoms with van der Waals surface area (Å²) in [5, 5.41) is 9.91. The van der Waals surface area contributed by atoms with Crippen molar-refractivity contribution in [3.05, 3.63) is 30.7 Å². The third-order valence-corrected chi connectivity index (χ3v) is 2.68. The number of rotatable bonds is 5. The van der Waals surface area contributed by atoms with Crippen molar-refractivity contribution in [1.82, 2.24) is 9.97 Å². The predicted octanol–water partition coefficient (Wildman–Crippen LogP) is 1.93. The molecule has 0 atom stereocenters. The van der Waals surface area contributed by atoms with Crippen LogP contribution in [0, 0.1) is 0 Å². The van der Waals surface area contributed by atoms with E-state index in [-0.39, 0.29) is 6.54 Å². The molecule has 2 rings (SSSR count). The average molecular weight is 245 g/mol. The highest BCUT2D eigenvalue weighted by Crippen LogP contribution is 2.24. The lowest BCUT2D eigenvalue weighted by atomic mass is 10.2. The molecule has 0 saturated carbocycles. The van der Waals surface area contributed by atoms with Gasteiger partial charge >= 0.3 is 5.97 Å². The summed E-state index contributed by atoms with van der Waals surface area (Å²) >= 11 is 0. The van der Waals surface area contributed by atoms with Gasteiger partial charge in [0.15, 0.2) is 0 Å². The molecule has 0 bridgehead atoms. The minimum Gasteiger partial charge on any atom is -0.480 e. The topological polar surface area (TPSA) is 66.3 Å². The molecule has 0 aliphatic heterocycles. The summed E-state index contributed by atoms with van der Waals surface area (Å²) in [6.45, 7) is 2.72. The van der Waals surface area contributed by atoms with Crippen LogP contribution < -0.4 is 4.90 Å². The molecule has 0 amide bonds. The number of carboxylic acid groups (broad SMARTS) is 1. The number of carboxylic acids is 1. The van der Waals surface area contributed by atoms with Crippen LogP contribution in [0.3, 0.4) is 0 Å². The van der Waals surface area contributed by atoms with Gasteiger partial charge < -0.3 is 10.0 Å². The maximum absolute atomic E-state index is 10.9. The minimum atomic E-state index is -0.831. The van der Waals surface area contributed by atoms with Gasteiger partial charge in [-0.15, -0.1) is 0 Å². The molecule has 2 aromatic rings. The Bertz CT molecular complexity index is 551. The van der Waals surface area contributed by atoms with Crippen LogP contribution in [0.25, 0.3) is 10.9 Å². The van der Waals surface area contributed by atoms with Crippen molar-refractivity contribution in [2.75, 3.05) is 18.0 Å². The standard InChI is InChI=1S/C13H15N3O2/c1-2-7-16(9-13(17)18)12-4-6-15-11-8-14-5-3-10(11)12/h3-6,8H,2,7,9H2,1H3,(H,17,18). The van der Waals surface area contributed by atoms with Gasteiger partial charge in [0.25, 0.3) is 0 Å². The Hall–Kier alpha value is -2.17. The summed E-state index contributed by atoms with van der Waals surface area (Å²) in [7, 11) is 0. The quantitative estimate of drug-likeness (QED) is 0.871. The largest absolute Gasteiger partial charge is 0.480 e. The maximum atomic E-state index is 10.9. The van der Waals surface area contributed by atoms with Gasteiger partial charge in [-0.05, 0) is 18.6 Å². The van der Waals surface area contributed by atoms with Crippen LogP contribution in [0.4, 0.5) is 5.69 Å². The highest BCUT2D eigenvalue weighted by atomic mass is 16.4. The van der Waals surface area contributed by atoms with Crippen molar-refractivity contribution < 1.29 is 9.90 Å². The number of hydrogen-bond donors (Lipinski definition) is 1. The molecule has 0 spiro atoms. The van der Waals surface area contributed by atoms with Crippen LogP contribution in [0.15, 0.2) is 30.7 Å². The molecular weight excluding hydrogens is 230 g/mol.